The molecule has 7 nitrogen and oxygen atoms in total. The van der Waals surface area contributed by atoms with Gasteiger partial charge in [-0.2, -0.15) is 0 Å². The van der Waals surface area contributed by atoms with E-state index in [4.69, 9.17) is 14.2 Å². The SMILES string of the molecule is O=C(c1ccc2c(c1)OCO2)N1CCN(CC2(O)CCCOC2)CC1. The predicted octanol–water partition coefficient (Wildman–Crippen LogP) is 0.715. The molecule has 0 bridgehead atoms. The van der Waals surface area contributed by atoms with Crippen molar-refractivity contribution in [3.05, 3.63) is 23.8 Å². The van der Waals surface area contributed by atoms with Crippen LogP contribution in [0, 0.1) is 0 Å². The standard InChI is InChI=1S/C18H24N2O5/c21-17(14-2-3-15-16(10-14)25-13-24-15)20-7-5-19(6-8-20)11-18(22)4-1-9-23-12-18/h2-3,10,22H,1,4-9,11-13H2. The predicted molar refractivity (Wildman–Crippen MR) is 89.9 cm³/mol. The van der Waals surface area contributed by atoms with Gasteiger partial charge in [-0.25, -0.2) is 0 Å². The van der Waals surface area contributed by atoms with Crippen LogP contribution in [0.15, 0.2) is 18.2 Å². The van der Waals surface area contributed by atoms with Gasteiger partial charge in [0.2, 0.25) is 6.79 Å². The van der Waals surface area contributed by atoms with E-state index >= 15 is 0 Å². The summed E-state index contributed by atoms with van der Waals surface area (Å²) in [4.78, 5) is 16.8. The van der Waals surface area contributed by atoms with Crippen molar-refractivity contribution in [2.24, 2.45) is 0 Å². The van der Waals surface area contributed by atoms with Crippen LogP contribution < -0.4 is 9.47 Å². The number of hydrogen-bond donors (Lipinski definition) is 1. The third-order valence-corrected chi connectivity index (χ3v) is 5.10. The molecule has 0 aliphatic carbocycles. The number of ether oxygens (including phenoxy) is 3. The quantitative estimate of drug-likeness (QED) is 0.868. The second-order valence-corrected chi connectivity index (χ2v) is 7.02. The molecule has 4 rings (SSSR count). The molecule has 0 saturated carbocycles. The molecular formula is C18H24N2O5. The van der Waals surface area contributed by atoms with E-state index in [0.29, 0.717) is 43.3 Å². The molecule has 3 aliphatic rings. The first-order chi connectivity index (χ1) is 12.1. The Bertz CT molecular complexity index is 636. The molecule has 25 heavy (non-hydrogen) atoms. The first-order valence-electron chi connectivity index (χ1n) is 8.84. The fraction of sp³-hybridized carbons (Fsp3) is 0.611. The zero-order valence-electron chi connectivity index (χ0n) is 14.3. The van der Waals surface area contributed by atoms with Crippen molar-refractivity contribution in [3.63, 3.8) is 0 Å². The third kappa shape index (κ3) is 3.58. The molecule has 2 saturated heterocycles. The minimum absolute atomic E-state index is 0.0117. The number of aliphatic hydroxyl groups is 1. The topological polar surface area (TPSA) is 71.5 Å². The molecule has 1 atom stereocenters. The molecule has 1 aromatic carbocycles. The zero-order chi connectivity index (χ0) is 17.3. The van der Waals surface area contributed by atoms with Crippen molar-refractivity contribution >= 4 is 5.91 Å². The Morgan fingerprint density at radius 1 is 1.16 bits per heavy atom. The van der Waals surface area contributed by atoms with Crippen molar-refractivity contribution in [1.82, 2.24) is 9.80 Å². The monoisotopic (exact) mass is 348 g/mol. The van der Waals surface area contributed by atoms with E-state index < -0.39 is 5.60 Å². The summed E-state index contributed by atoms with van der Waals surface area (Å²) in [6.45, 7) is 4.80. The van der Waals surface area contributed by atoms with Crippen LogP contribution in [0.25, 0.3) is 0 Å². The fourth-order valence-corrected chi connectivity index (χ4v) is 3.70. The molecule has 1 N–H and O–H groups in total. The summed E-state index contributed by atoms with van der Waals surface area (Å²) in [5.74, 6) is 1.32. The Balaban J connectivity index is 1.33. The van der Waals surface area contributed by atoms with E-state index in [1.54, 1.807) is 18.2 Å². The summed E-state index contributed by atoms with van der Waals surface area (Å²) >= 11 is 0. The zero-order valence-corrected chi connectivity index (χ0v) is 14.3. The highest BCUT2D eigenvalue weighted by Gasteiger charge is 2.34. The Morgan fingerprint density at radius 2 is 1.96 bits per heavy atom. The molecule has 0 spiro atoms. The maximum Gasteiger partial charge on any atom is 0.254 e. The lowest BCUT2D eigenvalue weighted by atomic mass is 9.96. The van der Waals surface area contributed by atoms with Crippen molar-refractivity contribution in [1.29, 1.82) is 0 Å². The number of fused-ring (bicyclic) bond motifs is 1. The van der Waals surface area contributed by atoms with Gasteiger partial charge in [-0.3, -0.25) is 9.69 Å². The number of hydrogen-bond acceptors (Lipinski definition) is 6. The highest BCUT2D eigenvalue weighted by molar-refractivity contribution is 5.95. The average Bonchev–Trinajstić information content (AvgIpc) is 3.10. The number of β-amino-alcohol motifs (C(OH)–C–C–N with tert-alkyl or cyclic N) is 1. The van der Waals surface area contributed by atoms with Crippen LogP contribution in [-0.2, 0) is 4.74 Å². The maximum absolute atomic E-state index is 12.7. The molecule has 7 heteroatoms. The van der Waals surface area contributed by atoms with Crippen LogP contribution in [0.3, 0.4) is 0 Å². The second-order valence-electron chi connectivity index (χ2n) is 7.02. The van der Waals surface area contributed by atoms with Crippen LogP contribution >= 0.6 is 0 Å². The van der Waals surface area contributed by atoms with Gasteiger partial charge in [0, 0.05) is 44.9 Å². The third-order valence-electron chi connectivity index (χ3n) is 5.10. The number of carbonyl (C=O) groups excluding carboxylic acids is 1. The van der Waals surface area contributed by atoms with Crippen LogP contribution in [0.2, 0.25) is 0 Å². The Hall–Kier alpha value is -1.83. The Morgan fingerprint density at radius 3 is 2.72 bits per heavy atom. The van der Waals surface area contributed by atoms with Crippen molar-refractivity contribution in [2.75, 3.05) is 52.7 Å². The minimum Gasteiger partial charge on any atom is -0.454 e. The normalized spacial score (nSPS) is 26.7. The van der Waals surface area contributed by atoms with Crippen LogP contribution in [0.4, 0.5) is 0 Å². The van der Waals surface area contributed by atoms with Gasteiger partial charge >= 0.3 is 0 Å². The summed E-state index contributed by atoms with van der Waals surface area (Å²) < 4.78 is 16.1. The first kappa shape index (κ1) is 16.6. The van der Waals surface area contributed by atoms with Crippen molar-refractivity contribution in [3.8, 4) is 11.5 Å². The number of piperazine rings is 1. The number of benzene rings is 1. The average molecular weight is 348 g/mol. The lowest BCUT2D eigenvalue weighted by Gasteiger charge is -2.40. The largest absolute Gasteiger partial charge is 0.454 e. The molecule has 3 heterocycles. The number of amides is 1. The van der Waals surface area contributed by atoms with Gasteiger partial charge in [-0.15, -0.1) is 0 Å². The summed E-state index contributed by atoms with van der Waals surface area (Å²) in [7, 11) is 0. The highest BCUT2D eigenvalue weighted by Crippen LogP contribution is 2.33. The van der Waals surface area contributed by atoms with E-state index in [9.17, 15) is 9.90 Å². The lowest BCUT2D eigenvalue weighted by molar-refractivity contribution is -0.103. The highest BCUT2D eigenvalue weighted by atomic mass is 16.7. The van der Waals surface area contributed by atoms with Gasteiger partial charge in [0.1, 0.15) is 5.60 Å². The molecule has 0 radical (unpaired) electrons. The number of rotatable bonds is 3. The molecule has 3 aliphatic heterocycles. The fourth-order valence-electron chi connectivity index (χ4n) is 3.70. The molecule has 136 valence electrons. The summed E-state index contributed by atoms with van der Waals surface area (Å²) in [6.07, 6.45) is 1.68. The first-order valence-corrected chi connectivity index (χ1v) is 8.84. The summed E-state index contributed by atoms with van der Waals surface area (Å²) in [5.41, 5.74) is -0.126. The molecule has 0 aromatic heterocycles. The number of nitrogens with zero attached hydrogens (tertiary/aromatic N) is 2. The van der Waals surface area contributed by atoms with Gasteiger partial charge < -0.3 is 24.2 Å². The van der Waals surface area contributed by atoms with E-state index in [-0.39, 0.29) is 12.7 Å². The Labute approximate surface area is 147 Å². The second kappa shape index (κ2) is 6.82. The molecule has 1 amide bonds. The van der Waals surface area contributed by atoms with Gasteiger partial charge in [-0.05, 0) is 31.0 Å². The van der Waals surface area contributed by atoms with Crippen LogP contribution in [0.1, 0.15) is 23.2 Å². The van der Waals surface area contributed by atoms with Crippen molar-refractivity contribution < 1.29 is 24.1 Å². The molecular weight excluding hydrogens is 324 g/mol. The molecule has 1 aromatic rings. The van der Waals surface area contributed by atoms with E-state index in [1.807, 2.05) is 4.90 Å². The van der Waals surface area contributed by atoms with Crippen LogP contribution in [0.5, 0.6) is 11.5 Å². The van der Waals surface area contributed by atoms with Gasteiger partial charge in [0.15, 0.2) is 11.5 Å². The van der Waals surface area contributed by atoms with Crippen LogP contribution in [-0.4, -0.2) is 79.1 Å². The van der Waals surface area contributed by atoms with E-state index in [1.165, 1.54) is 0 Å². The molecule has 2 fully saturated rings. The van der Waals surface area contributed by atoms with Gasteiger partial charge in [0.05, 0.1) is 6.61 Å². The van der Waals surface area contributed by atoms with Crippen molar-refractivity contribution in [2.45, 2.75) is 18.4 Å². The lowest BCUT2D eigenvalue weighted by Crippen LogP contribution is -2.55. The maximum atomic E-state index is 12.7. The van der Waals surface area contributed by atoms with Gasteiger partial charge in [-0.1, -0.05) is 0 Å². The summed E-state index contributed by atoms with van der Waals surface area (Å²) in [6, 6.07) is 5.31. The molecule has 1 unspecified atom stereocenters. The number of carbonyl (C=O) groups is 1. The minimum atomic E-state index is -0.748. The smallest absolute Gasteiger partial charge is 0.254 e. The summed E-state index contributed by atoms with van der Waals surface area (Å²) in [5, 5.41) is 10.6. The van der Waals surface area contributed by atoms with Gasteiger partial charge in [0.25, 0.3) is 5.91 Å². The Kier molecular flexibility index (Phi) is 4.54. The van der Waals surface area contributed by atoms with E-state index in [0.717, 1.165) is 32.5 Å². The van der Waals surface area contributed by atoms with E-state index in [2.05, 4.69) is 4.90 Å².